The Morgan fingerprint density at radius 2 is 0.950 bits per heavy atom. The zero-order chi connectivity index (χ0) is 26.8. The van der Waals surface area contributed by atoms with Gasteiger partial charge in [0.1, 0.15) is 0 Å². The minimum absolute atomic E-state index is 0.524. The number of halogens is 2. The summed E-state index contributed by atoms with van der Waals surface area (Å²) >= 11 is 14.1. The van der Waals surface area contributed by atoms with Crippen LogP contribution in [0.25, 0.3) is 55.6 Å². The number of nitrogens with zero attached hydrogens (tertiary/aromatic N) is 1. The molecule has 0 unspecified atom stereocenters. The van der Waals surface area contributed by atoms with Gasteiger partial charge in [0, 0.05) is 10.8 Å². The molecule has 0 amide bonds. The number of hydrogen-bond donors (Lipinski definition) is 0. The van der Waals surface area contributed by atoms with Gasteiger partial charge in [-0.05, 0) is 56.9 Å². The Morgan fingerprint density at radius 1 is 0.525 bits per heavy atom. The van der Waals surface area contributed by atoms with Gasteiger partial charge in [0.05, 0.1) is 21.4 Å². The summed E-state index contributed by atoms with van der Waals surface area (Å²) in [5.41, 5.74) is 5.26. The number of rotatable bonds is 1. The number of anilines is 2. The lowest BCUT2D eigenvalue weighted by atomic mass is 9.98. The van der Waals surface area contributed by atoms with E-state index in [2.05, 4.69) is 65.4 Å². The molecule has 0 radical (unpaired) electrons. The summed E-state index contributed by atoms with van der Waals surface area (Å²) in [5.74, 6) is 0. The highest BCUT2D eigenvalue weighted by Crippen LogP contribution is 2.52. The third-order valence-corrected chi connectivity index (χ3v) is 9.43. The minimum atomic E-state index is -1.80. The Kier molecular flexibility index (Phi) is 5.46. The van der Waals surface area contributed by atoms with E-state index in [9.17, 15) is 0 Å². The van der Waals surface area contributed by atoms with Gasteiger partial charge in [-0.2, -0.15) is 0 Å². The lowest BCUT2D eigenvalue weighted by Gasteiger charge is -2.23. The molecule has 8 rings (SSSR count). The number of para-hydroxylation sites is 2. The van der Waals surface area contributed by atoms with E-state index in [0.29, 0.717) is 21.2 Å². The van der Waals surface area contributed by atoms with E-state index in [4.69, 9.17) is 31.6 Å². The molecule has 192 valence electrons. The molecule has 0 spiro atoms. The first-order valence-electron chi connectivity index (χ1n) is 12.9. The van der Waals surface area contributed by atoms with Gasteiger partial charge < -0.3 is 8.39 Å². The quantitative estimate of drug-likeness (QED) is 0.195. The molecule has 1 aromatic heterocycles. The maximum absolute atomic E-state index is 7.05. The molecule has 6 heteroatoms. The molecule has 0 aliphatic carbocycles. The fraction of sp³-hybridized carbons (Fsp3) is 0. The molecular formula is C34H20Cl2NO2P. The summed E-state index contributed by atoms with van der Waals surface area (Å²) in [6.45, 7) is 0. The fourth-order valence-electron chi connectivity index (χ4n) is 5.65. The van der Waals surface area contributed by atoms with Crippen LogP contribution in [0.15, 0.2) is 118 Å². The first-order chi connectivity index (χ1) is 19.7. The van der Waals surface area contributed by atoms with E-state index in [1.54, 1.807) is 0 Å². The van der Waals surface area contributed by atoms with Gasteiger partial charge in [-0.25, -0.2) is 4.67 Å². The minimum Gasteiger partial charge on any atom is -0.402 e. The third-order valence-electron chi connectivity index (χ3n) is 7.44. The summed E-state index contributed by atoms with van der Waals surface area (Å²) < 4.78 is 16.0. The zero-order valence-corrected chi connectivity index (χ0v) is 23.4. The summed E-state index contributed by atoms with van der Waals surface area (Å²) in [6, 6.07) is 36.9. The van der Waals surface area contributed by atoms with Crippen LogP contribution in [0.3, 0.4) is 0 Å². The van der Waals surface area contributed by atoms with Crippen molar-refractivity contribution in [1.29, 1.82) is 0 Å². The van der Waals surface area contributed by atoms with E-state index < -0.39 is 8.16 Å². The number of benzene rings is 6. The van der Waals surface area contributed by atoms with Crippen LogP contribution < -0.4 is 4.67 Å². The predicted octanol–water partition coefficient (Wildman–Crippen LogP) is 12.0. The van der Waals surface area contributed by atoms with Crippen LogP contribution in [0.4, 0.5) is 11.4 Å². The molecule has 7 aromatic rings. The fourth-order valence-corrected chi connectivity index (χ4v) is 7.87. The zero-order valence-electron chi connectivity index (χ0n) is 21.0. The van der Waals surface area contributed by atoms with Gasteiger partial charge in [0.2, 0.25) is 0 Å². The second kappa shape index (κ2) is 9.21. The van der Waals surface area contributed by atoms with Gasteiger partial charge in [-0.3, -0.25) is 0 Å². The maximum atomic E-state index is 7.05. The van der Waals surface area contributed by atoms with Crippen molar-refractivity contribution in [2.45, 2.75) is 0 Å². The van der Waals surface area contributed by atoms with Gasteiger partial charge >= 0.3 is 8.16 Å². The summed E-state index contributed by atoms with van der Waals surface area (Å²) in [5, 5.41) is 6.90. The molecule has 0 fully saturated rings. The molecule has 0 bridgehead atoms. The van der Waals surface area contributed by atoms with E-state index in [1.807, 2.05) is 60.7 Å². The number of hydrogen-bond acceptors (Lipinski definition) is 3. The Hall–Kier alpha value is -4.14. The summed E-state index contributed by atoms with van der Waals surface area (Å²) in [6.07, 6.45) is 4.26. The number of fused-ring (bicyclic) bond motifs is 9. The lowest BCUT2D eigenvalue weighted by Crippen LogP contribution is -2.07. The van der Waals surface area contributed by atoms with Crippen molar-refractivity contribution in [2.24, 2.45) is 0 Å². The molecule has 1 aliphatic rings. The summed E-state index contributed by atoms with van der Waals surface area (Å²) in [7, 11) is -1.80. The van der Waals surface area contributed by atoms with Crippen molar-refractivity contribution in [3.63, 3.8) is 0 Å². The molecule has 6 aromatic carbocycles. The molecule has 2 heterocycles. The molecule has 0 saturated carbocycles. The molecular weight excluding hydrogens is 556 g/mol. The second-order valence-electron chi connectivity index (χ2n) is 9.75. The molecule has 0 saturated heterocycles. The first-order valence-corrected chi connectivity index (χ1v) is 14.8. The van der Waals surface area contributed by atoms with Crippen molar-refractivity contribution in [3.05, 3.63) is 130 Å². The SMILES string of the molecule is Clc1cc2ccccc2c2c1op(N1c3ccccc3C=Cc3ccccc31)oc1c(Cl)cc3ccccc3c12. The Balaban J connectivity index is 1.63. The van der Waals surface area contributed by atoms with Crippen LogP contribution in [0.5, 0.6) is 0 Å². The van der Waals surface area contributed by atoms with E-state index in [-0.39, 0.29) is 0 Å². The molecule has 40 heavy (non-hydrogen) atoms. The largest absolute Gasteiger partial charge is 0.402 e. The first kappa shape index (κ1) is 23.7. The van der Waals surface area contributed by atoms with Gasteiger partial charge in [-0.15, -0.1) is 0 Å². The van der Waals surface area contributed by atoms with Crippen LogP contribution >= 0.6 is 31.4 Å². The van der Waals surface area contributed by atoms with Crippen molar-refractivity contribution in [1.82, 2.24) is 0 Å². The van der Waals surface area contributed by atoms with Crippen LogP contribution in [0.1, 0.15) is 11.1 Å². The van der Waals surface area contributed by atoms with Crippen molar-refractivity contribution >= 4 is 98.4 Å². The normalized spacial score (nSPS) is 12.6. The van der Waals surface area contributed by atoms with Crippen LogP contribution in [-0.4, -0.2) is 0 Å². The Bertz CT molecular complexity index is 2070. The smallest absolute Gasteiger partial charge is 0.346 e. The highest BCUT2D eigenvalue weighted by molar-refractivity contribution is 7.40. The highest BCUT2D eigenvalue weighted by atomic mass is 35.5. The van der Waals surface area contributed by atoms with Crippen molar-refractivity contribution in [3.8, 4) is 0 Å². The van der Waals surface area contributed by atoms with E-state index in [0.717, 1.165) is 54.8 Å². The van der Waals surface area contributed by atoms with Gasteiger partial charge in [-0.1, -0.05) is 120 Å². The average molecular weight is 576 g/mol. The topological polar surface area (TPSA) is 29.5 Å². The third kappa shape index (κ3) is 3.59. The maximum Gasteiger partial charge on any atom is 0.346 e. The Morgan fingerprint density at radius 3 is 1.45 bits per heavy atom. The molecule has 1 aliphatic heterocycles. The molecule has 0 N–H and O–H groups in total. The highest BCUT2D eigenvalue weighted by Gasteiger charge is 2.26. The lowest BCUT2D eigenvalue weighted by molar-refractivity contribution is 0.640. The Labute approximate surface area is 241 Å². The monoisotopic (exact) mass is 575 g/mol. The second-order valence-corrected chi connectivity index (χ2v) is 11.8. The van der Waals surface area contributed by atoms with Gasteiger partial charge in [0.25, 0.3) is 0 Å². The molecule has 3 nitrogen and oxygen atoms in total. The van der Waals surface area contributed by atoms with Gasteiger partial charge in [0.15, 0.2) is 11.2 Å². The predicted molar refractivity (Wildman–Crippen MR) is 171 cm³/mol. The van der Waals surface area contributed by atoms with E-state index >= 15 is 0 Å². The standard InChI is InChI=1S/C34H20Cl2NO2P/c35-27-19-23-11-1-5-13-25(23)31-32-26-14-6-2-12-24(26)20-28(36)34(32)39-40(38-33(27)31)37-29-15-7-3-9-21(29)17-18-22-10-4-8-16-30(22)37/h1-20H. The van der Waals surface area contributed by atoms with Crippen LogP contribution in [-0.2, 0) is 0 Å². The van der Waals surface area contributed by atoms with Crippen molar-refractivity contribution < 1.29 is 8.39 Å². The van der Waals surface area contributed by atoms with Crippen LogP contribution in [0, 0.1) is 0 Å². The molecule has 0 atom stereocenters. The van der Waals surface area contributed by atoms with E-state index in [1.165, 1.54) is 0 Å². The summed E-state index contributed by atoms with van der Waals surface area (Å²) in [4.78, 5) is 0. The average Bonchev–Trinajstić information content (AvgIpc) is 3.27. The van der Waals surface area contributed by atoms with Crippen LogP contribution in [0.2, 0.25) is 10.0 Å². The van der Waals surface area contributed by atoms with Crippen molar-refractivity contribution in [2.75, 3.05) is 4.67 Å².